The second-order valence-corrected chi connectivity index (χ2v) is 9.46. The average Bonchev–Trinajstić information content (AvgIpc) is 3.18. The minimum atomic E-state index is -0.313. The van der Waals surface area contributed by atoms with E-state index in [0.29, 0.717) is 34.3 Å². The number of carbonyl (C=O) groups excluding carboxylic acids is 1. The van der Waals surface area contributed by atoms with Crippen molar-refractivity contribution in [3.8, 4) is 11.5 Å². The van der Waals surface area contributed by atoms with Crippen LogP contribution in [0.1, 0.15) is 43.4 Å². The summed E-state index contributed by atoms with van der Waals surface area (Å²) in [5.41, 5.74) is 3.31. The Morgan fingerprint density at radius 2 is 1.77 bits per heavy atom. The minimum absolute atomic E-state index is 0.0540. The lowest BCUT2D eigenvalue weighted by Gasteiger charge is -2.19. The van der Waals surface area contributed by atoms with Crippen LogP contribution in [0.5, 0.6) is 11.5 Å². The Balaban J connectivity index is 1.36. The quantitative estimate of drug-likeness (QED) is 0.413. The van der Waals surface area contributed by atoms with Gasteiger partial charge in [-0.2, -0.15) is 0 Å². The van der Waals surface area contributed by atoms with Gasteiger partial charge in [0.05, 0.1) is 5.69 Å². The number of amides is 1. The maximum Gasteiger partial charge on any atom is 0.287 e. The Morgan fingerprint density at radius 3 is 2.49 bits per heavy atom. The third-order valence-corrected chi connectivity index (χ3v) is 5.46. The molecule has 8 heteroatoms. The molecule has 35 heavy (non-hydrogen) atoms. The van der Waals surface area contributed by atoms with E-state index in [1.54, 1.807) is 25.1 Å². The molecule has 0 aliphatic carbocycles. The summed E-state index contributed by atoms with van der Waals surface area (Å²) in [6.07, 6.45) is 0. The Kier molecular flexibility index (Phi) is 6.64. The fourth-order valence-electron chi connectivity index (χ4n) is 3.53. The molecule has 0 saturated heterocycles. The van der Waals surface area contributed by atoms with Gasteiger partial charge in [0.15, 0.2) is 12.3 Å². The van der Waals surface area contributed by atoms with Crippen LogP contribution in [-0.4, -0.2) is 22.1 Å². The largest absolute Gasteiger partial charge is 0.487 e. The van der Waals surface area contributed by atoms with Crippen molar-refractivity contribution in [2.45, 2.75) is 46.6 Å². The van der Waals surface area contributed by atoms with Gasteiger partial charge in [0.2, 0.25) is 0 Å². The molecule has 2 aromatic heterocycles. The summed E-state index contributed by atoms with van der Waals surface area (Å²) < 4.78 is 18.0. The number of hydrogen-bond acceptors (Lipinski definition) is 6. The predicted octanol–water partition coefficient (Wildman–Crippen LogP) is 4.80. The molecule has 182 valence electrons. The number of fused-ring (bicyclic) bond motifs is 1. The summed E-state index contributed by atoms with van der Waals surface area (Å²) in [6.45, 7) is 10.1. The van der Waals surface area contributed by atoms with Crippen LogP contribution in [0.4, 0.5) is 5.69 Å². The number of carbonyl (C=O) groups is 1. The highest BCUT2D eigenvalue weighted by Crippen LogP contribution is 2.25. The molecule has 4 aromatic rings. The van der Waals surface area contributed by atoms with Gasteiger partial charge in [-0.05, 0) is 48.6 Å². The molecule has 0 saturated carbocycles. The zero-order chi connectivity index (χ0) is 25.2. The lowest BCUT2D eigenvalue weighted by Crippen LogP contribution is -2.20. The molecular formula is C27H29N3O5. The van der Waals surface area contributed by atoms with Gasteiger partial charge >= 0.3 is 0 Å². The molecule has 1 N–H and O–H groups in total. The molecule has 0 bridgehead atoms. The third-order valence-electron chi connectivity index (χ3n) is 5.46. The van der Waals surface area contributed by atoms with E-state index in [2.05, 4.69) is 31.1 Å². The predicted molar refractivity (Wildman–Crippen MR) is 133 cm³/mol. The smallest absolute Gasteiger partial charge is 0.287 e. The molecule has 0 spiro atoms. The highest BCUT2D eigenvalue weighted by atomic mass is 16.5. The Bertz CT molecular complexity index is 1410. The van der Waals surface area contributed by atoms with Gasteiger partial charge in [-0.1, -0.05) is 39.0 Å². The number of nitrogens with zero attached hydrogens (tertiary/aromatic N) is 2. The summed E-state index contributed by atoms with van der Waals surface area (Å²) in [7, 11) is 0. The number of rotatable bonds is 7. The molecule has 2 heterocycles. The Morgan fingerprint density at radius 1 is 1.03 bits per heavy atom. The van der Waals surface area contributed by atoms with Crippen molar-refractivity contribution in [1.29, 1.82) is 0 Å². The molecule has 0 aliphatic rings. The molecule has 0 unspecified atom stereocenters. The SMILES string of the molecule is Cc1cc2nc(COc3cc(NC(=O)COc4ccc(C(C)(C)C)cc4)ccc3C)cc(=O)n2o1. The van der Waals surface area contributed by atoms with Gasteiger partial charge in [0, 0.05) is 23.9 Å². The second kappa shape index (κ2) is 9.66. The fraction of sp³-hybridized carbons (Fsp3) is 0.296. The first kappa shape index (κ1) is 24.1. The third kappa shape index (κ3) is 5.90. The fourth-order valence-corrected chi connectivity index (χ4v) is 3.53. The maximum absolute atomic E-state index is 12.4. The number of nitrogens with one attached hydrogen (secondary N) is 1. The number of hydrogen-bond donors (Lipinski definition) is 1. The molecular weight excluding hydrogens is 446 g/mol. The standard InChI is InChI=1S/C27H29N3O5/c1-17-6-9-20(29-25(31)16-33-22-10-7-19(8-11-22)27(3,4)5)13-23(17)34-15-21-14-26(32)30-24(28-21)12-18(2)35-30/h6-14H,15-16H2,1-5H3,(H,29,31). The van der Waals surface area contributed by atoms with E-state index in [1.165, 1.54) is 11.6 Å². The van der Waals surface area contributed by atoms with Crippen LogP contribution in [0, 0.1) is 13.8 Å². The lowest BCUT2D eigenvalue weighted by molar-refractivity contribution is -0.118. The first-order chi connectivity index (χ1) is 16.6. The molecule has 0 aliphatic heterocycles. The summed E-state index contributed by atoms with van der Waals surface area (Å²) in [5.74, 6) is 1.52. The summed E-state index contributed by atoms with van der Waals surface area (Å²) in [6, 6.07) is 16.2. The topological polar surface area (TPSA) is 95.1 Å². The van der Waals surface area contributed by atoms with Crippen molar-refractivity contribution in [3.05, 3.63) is 87.5 Å². The van der Waals surface area contributed by atoms with Gasteiger partial charge in [0.25, 0.3) is 11.5 Å². The van der Waals surface area contributed by atoms with Gasteiger partial charge in [0.1, 0.15) is 23.9 Å². The number of benzene rings is 2. The van der Waals surface area contributed by atoms with Crippen molar-refractivity contribution in [2.75, 3.05) is 11.9 Å². The summed E-state index contributed by atoms with van der Waals surface area (Å²) in [5, 5.41) is 2.82. The molecule has 0 atom stereocenters. The molecule has 4 rings (SSSR count). The van der Waals surface area contributed by atoms with Crippen molar-refractivity contribution in [3.63, 3.8) is 0 Å². The number of ether oxygens (including phenoxy) is 2. The van der Waals surface area contributed by atoms with Crippen LogP contribution < -0.4 is 20.3 Å². The van der Waals surface area contributed by atoms with Crippen LogP contribution in [0.15, 0.2) is 63.9 Å². The highest BCUT2D eigenvalue weighted by Gasteiger charge is 2.14. The first-order valence-electron chi connectivity index (χ1n) is 11.3. The highest BCUT2D eigenvalue weighted by molar-refractivity contribution is 5.92. The van der Waals surface area contributed by atoms with E-state index in [1.807, 2.05) is 37.3 Å². The van der Waals surface area contributed by atoms with E-state index in [9.17, 15) is 9.59 Å². The van der Waals surface area contributed by atoms with Crippen molar-refractivity contribution in [2.24, 2.45) is 0 Å². The number of anilines is 1. The van der Waals surface area contributed by atoms with Crippen LogP contribution >= 0.6 is 0 Å². The van der Waals surface area contributed by atoms with E-state index >= 15 is 0 Å². The monoisotopic (exact) mass is 475 g/mol. The Labute approximate surface area is 203 Å². The lowest BCUT2D eigenvalue weighted by atomic mass is 9.87. The van der Waals surface area contributed by atoms with E-state index in [-0.39, 0.29) is 30.1 Å². The van der Waals surface area contributed by atoms with Crippen LogP contribution in [-0.2, 0) is 16.8 Å². The molecule has 0 fully saturated rings. The van der Waals surface area contributed by atoms with Gasteiger partial charge in [-0.15, -0.1) is 4.57 Å². The molecule has 1 amide bonds. The van der Waals surface area contributed by atoms with Crippen LogP contribution in [0.25, 0.3) is 5.65 Å². The minimum Gasteiger partial charge on any atom is -0.487 e. The van der Waals surface area contributed by atoms with Crippen LogP contribution in [0.3, 0.4) is 0 Å². The van der Waals surface area contributed by atoms with Crippen molar-refractivity contribution < 1.29 is 18.8 Å². The molecule has 2 aromatic carbocycles. The normalized spacial score (nSPS) is 11.5. The van der Waals surface area contributed by atoms with Gasteiger partial charge < -0.3 is 19.3 Å². The van der Waals surface area contributed by atoms with Crippen LogP contribution in [0.2, 0.25) is 0 Å². The van der Waals surface area contributed by atoms with Crippen molar-refractivity contribution >= 4 is 17.2 Å². The number of aromatic nitrogens is 2. The molecule has 8 nitrogen and oxygen atoms in total. The average molecular weight is 476 g/mol. The van der Waals surface area contributed by atoms with Gasteiger partial charge in [-0.25, -0.2) is 4.98 Å². The zero-order valence-electron chi connectivity index (χ0n) is 20.5. The second-order valence-electron chi connectivity index (χ2n) is 9.46. The first-order valence-corrected chi connectivity index (χ1v) is 11.3. The summed E-state index contributed by atoms with van der Waals surface area (Å²) in [4.78, 5) is 29.0. The van der Waals surface area contributed by atoms with E-state index in [4.69, 9.17) is 14.0 Å². The zero-order valence-corrected chi connectivity index (χ0v) is 20.5. The summed E-state index contributed by atoms with van der Waals surface area (Å²) >= 11 is 0. The molecule has 0 radical (unpaired) electrons. The number of aryl methyl sites for hydroxylation is 2. The maximum atomic E-state index is 12.4. The van der Waals surface area contributed by atoms with Crippen molar-refractivity contribution in [1.82, 2.24) is 9.56 Å². The van der Waals surface area contributed by atoms with Gasteiger partial charge in [-0.3, -0.25) is 9.59 Å². The van der Waals surface area contributed by atoms with E-state index in [0.717, 1.165) is 10.1 Å². The Hall–Kier alpha value is -4.07. The van der Waals surface area contributed by atoms with E-state index < -0.39 is 0 Å².